The zero-order chi connectivity index (χ0) is 18.7. The lowest BCUT2D eigenvalue weighted by molar-refractivity contribution is -0.116. The SMILES string of the molecule is O=C(NCCc1ccc(Cl)cc1)c1ccc(N2C(=O)CCS2(=O)=O)cc1. The molecular formula is C18H17ClN2O4S. The van der Waals surface area contributed by atoms with E-state index in [2.05, 4.69) is 5.32 Å². The summed E-state index contributed by atoms with van der Waals surface area (Å²) in [6, 6.07) is 13.3. The molecule has 0 bridgehead atoms. The topological polar surface area (TPSA) is 83.6 Å². The van der Waals surface area contributed by atoms with Gasteiger partial charge in [-0.2, -0.15) is 0 Å². The van der Waals surface area contributed by atoms with Crippen LogP contribution in [0.4, 0.5) is 5.69 Å². The van der Waals surface area contributed by atoms with Crippen molar-refractivity contribution < 1.29 is 18.0 Å². The molecule has 1 N–H and O–H groups in total. The van der Waals surface area contributed by atoms with Gasteiger partial charge in [-0.05, 0) is 48.4 Å². The summed E-state index contributed by atoms with van der Waals surface area (Å²) in [5, 5.41) is 3.47. The summed E-state index contributed by atoms with van der Waals surface area (Å²) in [5.74, 6) is -0.898. The highest BCUT2D eigenvalue weighted by Gasteiger charge is 2.36. The third-order valence-corrected chi connectivity index (χ3v) is 6.00. The fraction of sp³-hybridized carbons (Fsp3) is 0.222. The highest BCUT2D eigenvalue weighted by Crippen LogP contribution is 2.25. The van der Waals surface area contributed by atoms with Crippen LogP contribution >= 0.6 is 11.6 Å². The Hall–Kier alpha value is -2.38. The van der Waals surface area contributed by atoms with Gasteiger partial charge in [0.1, 0.15) is 0 Å². The molecule has 0 aromatic heterocycles. The van der Waals surface area contributed by atoms with Crippen LogP contribution in [0, 0.1) is 0 Å². The van der Waals surface area contributed by atoms with E-state index in [-0.39, 0.29) is 23.8 Å². The van der Waals surface area contributed by atoms with Crippen molar-refractivity contribution in [1.29, 1.82) is 0 Å². The van der Waals surface area contributed by atoms with Gasteiger partial charge in [0, 0.05) is 23.6 Å². The molecule has 2 amide bonds. The number of amides is 2. The summed E-state index contributed by atoms with van der Waals surface area (Å²) in [4.78, 5) is 23.9. The molecule has 2 aromatic rings. The Kier molecular flexibility index (Phi) is 5.29. The molecule has 1 saturated heterocycles. The molecule has 1 heterocycles. The summed E-state index contributed by atoms with van der Waals surface area (Å²) < 4.78 is 24.6. The van der Waals surface area contributed by atoms with Gasteiger partial charge in [-0.1, -0.05) is 23.7 Å². The van der Waals surface area contributed by atoms with Gasteiger partial charge < -0.3 is 5.32 Å². The van der Waals surface area contributed by atoms with Crippen LogP contribution in [0.5, 0.6) is 0 Å². The molecule has 136 valence electrons. The third kappa shape index (κ3) is 4.05. The zero-order valence-corrected chi connectivity index (χ0v) is 15.4. The van der Waals surface area contributed by atoms with Crippen molar-refractivity contribution in [3.63, 3.8) is 0 Å². The predicted octanol–water partition coefficient (Wildman–Crippen LogP) is 2.38. The number of halogens is 1. The first-order chi connectivity index (χ1) is 12.4. The van der Waals surface area contributed by atoms with Crippen LogP contribution in [0.1, 0.15) is 22.3 Å². The van der Waals surface area contributed by atoms with E-state index in [0.717, 1.165) is 9.87 Å². The van der Waals surface area contributed by atoms with Gasteiger partial charge in [-0.25, -0.2) is 12.7 Å². The molecule has 2 aromatic carbocycles. The van der Waals surface area contributed by atoms with Gasteiger partial charge in [0.2, 0.25) is 15.9 Å². The Morgan fingerprint density at radius 1 is 1.08 bits per heavy atom. The fourth-order valence-corrected chi connectivity index (χ4v) is 4.28. The van der Waals surface area contributed by atoms with Gasteiger partial charge in [-0.3, -0.25) is 9.59 Å². The Balaban J connectivity index is 1.60. The number of anilines is 1. The number of rotatable bonds is 5. The second kappa shape index (κ2) is 7.47. The molecule has 1 aliphatic heterocycles. The first-order valence-corrected chi connectivity index (χ1v) is 10.0. The van der Waals surface area contributed by atoms with E-state index in [0.29, 0.717) is 23.6 Å². The second-order valence-electron chi connectivity index (χ2n) is 5.90. The predicted molar refractivity (Wildman–Crippen MR) is 99.8 cm³/mol. The summed E-state index contributed by atoms with van der Waals surface area (Å²) in [7, 11) is -3.60. The Morgan fingerprint density at radius 3 is 2.31 bits per heavy atom. The molecule has 1 fully saturated rings. The number of hydrogen-bond donors (Lipinski definition) is 1. The lowest BCUT2D eigenvalue weighted by Crippen LogP contribution is -2.29. The normalized spacial score (nSPS) is 15.9. The van der Waals surface area contributed by atoms with E-state index in [9.17, 15) is 18.0 Å². The maximum Gasteiger partial charge on any atom is 0.251 e. The Labute approximate surface area is 156 Å². The van der Waals surface area contributed by atoms with Gasteiger partial charge >= 0.3 is 0 Å². The van der Waals surface area contributed by atoms with Crippen LogP contribution in [0.15, 0.2) is 48.5 Å². The highest BCUT2D eigenvalue weighted by molar-refractivity contribution is 7.94. The number of carbonyl (C=O) groups is 2. The first kappa shape index (κ1) is 18.4. The maximum absolute atomic E-state index is 12.2. The molecule has 0 spiro atoms. The average molecular weight is 393 g/mol. The van der Waals surface area contributed by atoms with Gasteiger partial charge in [0.15, 0.2) is 0 Å². The molecule has 0 radical (unpaired) electrons. The van der Waals surface area contributed by atoms with Crippen LogP contribution < -0.4 is 9.62 Å². The largest absolute Gasteiger partial charge is 0.352 e. The molecule has 1 aliphatic rings. The summed E-state index contributed by atoms with van der Waals surface area (Å²) in [6.07, 6.45) is 0.650. The van der Waals surface area contributed by atoms with Crippen LogP contribution in [0.3, 0.4) is 0 Å². The molecule has 0 unspecified atom stereocenters. The first-order valence-electron chi connectivity index (χ1n) is 8.05. The number of benzene rings is 2. The highest BCUT2D eigenvalue weighted by atomic mass is 35.5. The van der Waals surface area contributed by atoms with E-state index in [1.54, 1.807) is 12.1 Å². The Bertz CT molecular complexity index is 925. The minimum Gasteiger partial charge on any atom is -0.352 e. The van der Waals surface area contributed by atoms with Crippen molar-refractivity contribution in [2.24, 2.45) is 0 Å². The molecular weight excluding hydrogens is 376 g/mol. The van der Waals surface area contributed by atoms with Crippen molar-refractivity contribution in [1.82, 2.24) is 5.32 Å². The average Bonchev–Trinajstić information content (AvgIpc) is 2.89. The summed E-state index contributed by atoms with van der Waals surface area (Å²) in [6.45, 7) is 0.460. The summed E-state index contributed by atoms with van der Waals surface area (Å²) in [5.41, 5.74) is 1.71. The van der Waals surface area contributed by atoms with Crippen molar-refractivity contribution in [2.75, 3.05) is 16.6 Å². The molecule has 0 aliphatic carbocycles. The van der Waals surface area contributed by atoms with Gasteiger partial charge in [0.25, 0.3) is 5.91 Å². The smallest absolute Gasteiger partial charge is 0.251 e. The number of carbonyl (C=O) groups excluding carboxylic acids is 2. The summed E-state index contributed by atoms with van der Waals surface area (Å²) >= 11 is 5.83. The van der Waals surface area contributed by atoms with E-state index in [1.165, 1.54) is 24.3 Å². The molecule has 6 nitrogen and oxygen atoms in total. The second-order valence-corrected chi connectivity index (χ2v) is 8.28. The lowest BCUT2D eigenvalue weighted by atomic mass is 10.1. The van der Waals surface area contributed by atoms with E-state index in [4.69, 9.17) is 11.6 Å². The Morgan fingerprint density at radius 2 is 1.73 bits per heavy atom. The van der Waals surface area contributed by atoms with Crippen LogP contribution in [0.2, 0.25) is 5.02 Å². The minimum atomic E-state index is -3.60. The van der Waals surface area contributed by atoms with Crippen LogP contribution in [-0.4, -0.2) is 32.5 Å². The van der Waals surface area contributed by atoms with Crippen molar-refractivity contribution in [2.45, 2.75) is 12.8 Å². The maximum atomic E-state index is 12.2. The third-order valence-electron chi connectivity index (χ3n) is 4.06. The molecule has 0 atom stereocenters. The number of nitrogens with zero attached hydrogens (tertiary/aromatic N) is 1. The van der Waals surface area contributed by atoms with Crippen LogP contribution in [0.25, 0.3) is 0 Å². The van der Waals surface area contributed by atoms with Crippen LogP contribution in [-0.2, 0) is 21.2 Å². The minimum absolute atomic E-state index is 0.0186. The van der Waals surface area contributed by atoms with Crippen molar-refractivity contribution in [3.05, 3.63) is 64.7 Å². The number of hydrogen-bond acceptors (Lipinski definition) is 4. The van der Waals surface area contributed by atoms with Gasteiger partial charge in [0.05, 0.1) is 11.4 Å². The van der Waals surface area contributed by atoms with Crippen molar-refractivity contribution in [3.8, 4) is 0 Å². The lowest BCUT2D eigenvalue weighted by Gasteiger charge is -2.15. The molecule has 8 heteroatoms. The molecule has 3 rings (SSSR count). The van der Waals surface area contributed by atoms with E-state index < -0.39 is 15.9 Å². The number of sulfonamides is 1. The molecule has 26 heavy (non-hydrogen) atoms. The quantitative estimate of drug-likeness (QED) is 0.846. The molecule has 0 saturated carbocycles. The van der Waals surface area contributed by atoms with E-state index in [1.807, 2.05) is 12.1 Å². The standard InChI is InChI=1S/C18H17ClN2O4S/c19-15-5-1-13(2-6-15)9-11-20-18(23)14-3-7-16(8-4-14)21-17(22)10-12-26(21,24)25/h1-8H,9-12H2,(H,20,23). The fourth-order valence-electron chi connectivity index (χ4n) is 2.69. The van der Waals surface area contributed by atoms with Crippen molar-refractivity contribution >= 4 is 39.1 Å². The zero-order valence-electron chi connectivity index (χ0n) is 13.8. The monoisotopic (exact) mass is 392 g/mol. The van der Waals surface area contributed by atoms with E-state index >= 15 is 0 Å². The van der Waals surface area contributed by atoms with Gasteiger partial charge in [-0.15, -0.1) is 0 Å². The number of nitrogens with one attached hydrogen (secondary N) is 1.